The second kappa shape index (κ2) is 7.72. The van der Waals surface area contributed by atoms with Crippen molar-refractivity contribution in [3.05, 3.63) is 103 Å². The third-order valence-electron chi connectivity index (χ3n) is 4.91. The molecule has 0 aliphatic rings. The maximum Gasteiger partial charge on any atom is 0.362 e. The Morgan fingerprint density at radius 1 is 1.00 bits per heavy atom. The monoisotopic (exact) mass is 456 g/mol. The fourth-order valence-electron chi connectivity index (χ4n) is 3.51. The van der Waals surface area contributed by atoms with Crippen molar-refractivity contribution in [1.29, 1.82) is 0 Å². The minimum absolute atomic E-state index is 0.0241. The van der Waals surface area contributed by atoms with E-state index in [0.29, 0.717) is 6.42 Å². The van der Waals surface area contributed by atoms with Crippen LogP contribution in [0.3, 0.4) is 0 Å². The first-order chi connectivity index (χ1) is 14.7. The van der Waals surface area contributed by atoms with Gasteiger partial charge in [-0.15, -0.1) is 0 Å². The van der Waals surface area contributed by atoms with Crippen LogP contribution in [0.2, 0.25) is 5.02 Å². The molecule has 9 heteroatoms. The number of hydrogen-bond acceptors (Lipinski definition) is 5. The molecular weight excluding hydrogens is 440 g/mol. The molecule has 4 aromatic rings. The number of nitrogens with zero attached hydrogens (tertiary/aromatic N) is 1. The van der Waals surface area contributed by atoms with E-state index in [0.717, 1.165) is 16.7 Å². The zero-order chi connectivity index (χ0) is 22.3. The first-order valence-corrected chi connectivity index (χ1v) is 11.1. The predicted octanol–water partition coefficient (Wildman–Crippen LogP) is 3.31. The second-order valence-electron chi connectivity index (χ2n) is 7.16. The van der Waals surface area contributed by atoms with E-state index in [-0.39, 0.29) is 30.4 Å². The third kappa shape index (κ3) is 3.75. The Balaban J connectivity index is 1.92. The highest BCUT2D eigenvalue weighted by molar-refractivity contribution is 7.91. The Kier molecular flexibility index (Phi) is 5.20. The van der Waals surface area contributed by atoms with Gasteiger partial charge in [-0.3, -0.25) is 4.79 Å². The Morgan fingerprint density at radius 3 is 2.42 bits per heavy atom. The average Bonchev–Trinajstić information content (AvgIpc) is 2.72. The molecule has 158 valence electrons. The first kappa shape index (κ1) is 20.9. The summed E-state index contributed by atoms with van der Waals surface area (Å²) in [5, 5.41) is 9.22. The van der Waals surface area contributed by atoms with E-state index in [9.17, 15) is 23.2 Å². The van der Waals surface area contributed by atoms with Gasteiger partial charge in [0.2, 0.25) is 9.84 Å². The maximum absolute atomic E-state index is 13.5. The van der Waals surface area contributed by atoms with Crippen molar-refractivity contribution in [2.45, 2.75) is 23.1 Å². The second-order valence-corrected chi connectivity index (χ2v) is 9.49. The van der Waals surface area contributed by atoms with Crippen molar-refractivity contribution >= 4 is 32.3 Å². The lowest BCUT2D eigenvalue weighted by Crippen LogP contribution is -2.33. The maximum atomic E-state index is 13.5. The Labute approximate surface area is 182 Å². The molecule has 0 bridgehead atoms. The van der Waals surface area contributed by atoms with E-state index in [1.807, 2.05) is 36.4 Å². The number of sulfone groups is 1. The summed E-state index contributed by atoms with van der Waals surface area (Å²) in [5.74, 6) is 0. The number of nitrogens with one attached hydrogen (secondary N) is 1. The van der Waals surface area contributed by atoms with E-state index < -0.39 is 21.1 Å². The Bertz CT molecular complexity index is 1540. The number of hydrogen-bond donors (Lipinski definition) is 2. The summed E-state index contributed by atoms with van der Waals surface area (Å²) in [7, 11) is -4.12. The lowest BCUT2D eigenvalue weighted by molar-refractivity contribution is 0.162. The Hall–Kier alpha value is -3.36. The van der Waals surface area contributed by atoms with Crippen LogP contribution in [-0.4, -0.2) is 23.3 Å². The highest BCUT2D eigenvalue weighted by Crippen LogP contribution is 2.30. The SMILES string of the molecule is Cc1cc(Cc2ccccc2)cc(S(=O)(=O)c2ccc(Cl)c3c(=O)n(O)c(=O)[nH]c23)c1. The smallest absolute Gasteiger partial charge is 0.362 e. The number of halogens is 1. The van der Waals surface area contributed by atoms with E-state index in [4.69, 9.17) is 11.6 Å². The third-order valence-corrected chi connectivity index (χ3v) is 7.00. The molecule has 1 heterocycles. The minimum Gasteiger partial charge on any atom is -0.421 e. The predicted molar refractivity (Wildman–Crippen MR) is 117 cm³/mol. The summed E-state index contributed by atoms with van der Waals surface area (Å²) in [5.41, 5.74) is 0.0610. The lowest BCUT2D eigenvalue weighted by Gasteiger charge is -2.12. The van der Waals surface area contributed by atoms with Gasteiger partial charge in [0.1, 0.15) is 0 Å². The molecule has 3 aromatic carbocycles. The molecule has 0 saturated carbocycles. The molecule has 0 amide bonds. The molecular formula is C22H17ClN2O5S. The van der Waals surface area contributed by atoms with Crippen molar-refractivity contribution in [3.63, 3.8) is 0 Å². The van der Waals surface area contributed by atoms with Gasteiger partial charge in [0.15, 0.2) is 0 Å². The molecule has 4 rings (SSSR count). The van der Waals surface area contributed by atoms with Crippen LogP contribution in [0.4, 0.5) is 0 Å². The molecule has 2 N–H and O–H groups in total. The zero-order valence-corrected chi connectivity index (χ0v) is 17.9. The molecule has 0 atom stereocenters. The topological polar surface area (TPSA) is 109 Å². The van der Waals surface area contributed by atoms with Crippen molar-refractivity contribution in [3.8, 4) is 0 Å². The van der Waals surface area contributed by atoms with Gasteiger partial charge in [-0.25, -0.2) is 13.2 Å². The molecule has 0 aliphatic heterocycles. The molecule has 0 aliphatic carbocycles. The van der Waals surface area contributed by atoms with Crippen LogP contribution in [0.25, 0.3) is 10.9 Å². The van der Waals surface area contributed by atoms with Gasteiger partial charge in [0, 0.05) is 0 Å². The summed E-state index contributed by atoms with van der Waals surface area (Å²) in [6, 6.07) is 17.1. The fraction of sp³-hybridized carbons (Fsp3) is 0.0909. The normalized spacial score (nSPS) is 11.7. The molecule has 0 fully saturated rings. The van der Waals surface area contributed by atoms with Gasteiger partial charge in [-0.1, -0.05) is 52.7 Å². The van der Waals surface area contributed by atoms with Gasteiger partial charge in [0.05, 0.1) is 25.7 Å². The van der Waals surface area contributed by atoms with Crippen LogP contribution in [0, 0.1) is 6.92 Å². The fourth-order valence-corrected chi connectivity index (χ4v) is 5.32. The van der Waals surface area contributed by atoms with E-state index >= 15 is 0 Å². The average molecular weight is 457 g/mol. The zero-order valence-electron chi connectivity index (χ0n) is 16.3. The Morgan fingerprint density at radius 2 is 1.71 bits per heavy atom. The van der Waals surface area contributed by atoms with Gasteiger partial charge in [0.25, 0.3) is 5.56 Å². The quantitative estimate of drug-likeness (QED) is 0.458. The molecule has 0 saturated heterocycles. The molecule has 1 aromatic heterocycles. The summed E-state index contributed by atoms with van der Waals surface area (Å²) in [4.78, 5) is 26.2. The molecule has 0 radical (unpaired) electrons. The first-order valence-electron chi connectivity index (χ1n) is 9.25. The number of aromatic nitrogens is 2. The van der Waals surface area contributed by atoms with Crippen molar-refractivity contribution in [2.24, 2.45) is 0 Å². The van der Waals surface area contributed by atoms with Crippen LogP contribution in [0.15, 0.2) is 80.0 Å². The summed E-state index contributed by atoms with van der Waals surface area (Å²) < 4.78 is 26.8. The van der Waals surface area contributed by atoms with Crippen molar-refractivity contribution < 1.29 is 13.6 Å². The van der Waals surface area contributed by atoms with Crippen LogP contribution < -0.4 is 11.2 Å². The highest BCUT2D eigenvalue weighted by Gasteiger charge is 2.25. The molecule has 31 heavy (non-hydrogen) atoms. The number of aryl methyl sites for hydroxylation is 1. The number of H-pyrrole nitrogens is 1. The van der Waals surface area contributed by atoms with Crippen LogP contribution in [0.5, 0.6) is 0 Å². The summed E-state index contributed by atoms with van der Waals surface area (Å²) in [6.45, 7) is 1.79. The standard InChI is InChI=1S/C22H17ClN2O5S/c1-13-9-15(11-14-5-3-2-4-6-14)12-16(10-13)31(29,30)18-8-7-17(23)19-20(18)24-22(27)25(28)21(19)26/h2-10,12,28H,11H2,1H3,(H,24,27). The van der Waals surface area contributed by atoms with Crippen LogP contribution >= 0.6 is 11.6 Å². The highest BCUT2D eigenvalue weighted by atomic mass is 35.5. The van der Waals surface area contributed by atoms with E-state index in [2.05, 4.69) is 4.98 Å². The van der Waals surface area contributed by atoms with Crippen LogP contribution in [0.1, 0.15) is 16.7 Å². The summed E-state index contributed by atoms with van der Waals surface area (Å²) in [6.07, 6.45) is 0.540. The largest absolute Gasteiger partial charge is 0.421 e. The molecule has 0 unspecified atom stereocenters. The number of benzene rings is 3. The van der Waals surface area contributed by atoms with Crippen molar-refractivity contribution in [1.82, 2.24) is 9.71 Å². The molecule has 7 nitrogen and oxygen atoms in total. The van der Waals surface area contributed by atoms with E-state index in [1.54, 1.807) is 13.0 Å². The van der Waals surface area contributed by atoms with Gasteiger partial charge >= 0.3 is 5.69 Å². The molecule has 0 spiro atoms. The van der Waals surface area contributed by atoms with Gasteiger partial charge in [-0.05, 0) is 54.3 Å². The lowest BCUT2D eigenvalue weighted by atomic mass is 10.0. The van der Waals surface area contributed by atoms with Gasteiger partial charge < -0.3 is 10.2 Å². The number of aromatic amines is 1. The van der Waals surface area contributed by atoms with Gasteiger partial charge in [-0.2, -0.15) is 0 Å². The number of rotatable bonds is 4. The number of fused-ring (bicyclic) bond motifs is 1. The van der Waals surface area contributed by atoms with Crippen LogP contribution in [-0.2, 0) is 16.3 Å². The van der Waals surface area contributed by atoms with Crippen molar-refractivity contribution in [2.75, 3.05) is 0 Å². The minimum atomic E-state index is -4.12. The van der Waals surface area contributed by atoms with E-state index in [1.165, 1.54) is 18.2 Å². The summed E-state index contributed by atoms with van der Waals surface area (Å²) >= 11 is 6.05.